The molecule has 1 amide bonds. The predicted molar refractivity (Wildman–Crippen MR) is 121 cm³/mol. The van der Waals surface area contributed by atoms with E-state index in [4.69, 9.17) is 32.4 Å². The molecule has 2 heterocycles. The largest absolute Gasteiger partial charge is 0.465 e. The van der Waals surface area contributed by atoms with Crippen LogP contribution in [0, 0.1) is 0 Å². The van der Waals surface area contributed by atoms with Crippen LogP contribution in [0.25, 0.3) is 17.4 Å². The van der Waals surface area contributed by atoms with Crippen LogP contribution in [0.5, 0.6) is 0 Å². The van der Waals surface area contributed by atoms with Crippen molar-refractivity contribution in [2.24, 2.45) is 5.10 Å². The van der Waals surface area contributed by atoms with Gasteiger partial charge in [0.2, 0.25) is 0 Å². The highest BCUT2D eigenvalue weighted by Gasteiger charge is 2.29. The van der Waals surface area contributed by atoms with Gasteiger partial charge in [-0.15, -0.1) is 0 Å². The van der Waals surface area contributed by atoms with Crippen LogP contribution in [0.15, 0.2) is 69.7 Å². The maximum absolute atomic E-state index is 12.9. The smallest absolute Gasteiger partial charge is 0.339 e. The van der Waals surface area contributed by atoms with Crippen LogP contribution in [-0.4, -0.2) is 24.7 Å². The number of halogens is 2. The van der Waals surface area contributed by atoms with Gasteiger partial charge < -0.3 is 9.15 Å². The zero-order valence-electron chi connectivity index (χ0n) is 16.6. The summed E-state index contributed by atoms with van der Waals surface area (Å²) in [5, 5.41) is 6.44. The zero-order valence-corrected chi connectivity index (χ0v) is 18.1. The Morgan fingerprint density at radius 3 is 2.68 bits per heavy atom. The first-order valence-electron chi connectivity index (χ1n) is 9.23. The summed E-state index contributed by atoms with van der Waals surface area (Å²) in [5.41, 5.74) is 2.44. The number of ether oxygens (including phenoxy) is 1. The molecule has 6 nitrogen and oxygen atoms in total. The van der Waals surface area contributed by atoms with Gasteiger partial charge in [-0.2, -0.15) is 10.1 Å². The quantitative estimate of drug-likeness (QED) is 0.366. The van der Waals surface area contributed by atoms with Crippen LogP contribution < -0.4 is 5.01 Å². The minimum atomic E-state index is -0.537. The third kappa shape index (κ3) is 4.13. The second kappa shape index (κ2) is 8.41. The number of carbonyl (C=O) groups is 2. The number of hydrazone groups is 1. The number of rotatable bonds is 4. The van der Waals surface area contributed by atoms with Gasteiger partial charge in [0.05, 0.1) is 34.7 Å². The van der Waals surface area contributed by atoms with Crippen molar-refractivity contribution in [2.75, 3.05) is 12.1 Å². The van der Waals surface area contributed by atoms with E-state index in [1.165, 1.54) is 12.1 Å². The Kier molecular flexibility index (Phi) is 5.67. The second-order valence-corrected chi connectivity index (χ2v) is 7.57. The molecule has 31 heavy (non-hydrogen) atoms. The maximum Gasteiger partial charge on any atom is 0.339 e. The third-order valence-electron chi connectivity index (χ3n) is 4.68. The van der Waals surface area contributed by atoms with E-state index in [1.54, 1.807) is 67.6 Å². The van der Waals surface area contributed by atoms with E-state index in [0.717, 1.165) is 0 Å². The van der Waals surface area contributed by atoms with E-state index >= 15 is 0 Å². The van der Waals surface area contributed by atoms with Crippen LogP contribution in [0.1, 0.15) is 23.0 Å². The van der Waals surface area contributed by atoms with Crippen molar-refractivity contribution in [2.45, 2.75) is 6.92 Å². The first kappa shape index (κ1) is 20.9. The van der Waals surface area contributed by atoms with Crippen LogP contribution in [0.2, 0.25) is 10.0 Å². The fraction of sp³-hybridized carbons (Fsp3) is 0.0870. The van der Waals surface area contributed by atoms with E-state index in [9.17, 15) is 9.59 Å². The van der Waals surface area contributed by atoms with Gasteiger partial charge in [0.15, 0.2) is 0 Å². The molecule has 1 aliphatic rings. The number of carbonyl (C=O) groups excluding carboxylic acids is 2. The first-order chi connectivity index (χ1) is 14.9. The van der Waals surface area contributed by atoms with Crippen molar-refractivity contribution in [3.8, 4) is 11.3 Å². The number of hydrogen-bond donors (Lipinski definition) is 0. The van der Waals surface area contributed by atoms with E-state index < -0.39 is 5.97 Å². The van der Waals surface area contributed by atoms with Gasteiger partial charge in [-0.25, -0.2) is 4.79 Å². The summed E-state index contributed by atoms with van der Waals surface area (Å²) >= 11 is 12.1. The Balaban J connectivity index is 1.62. The van der Waals surface area contributed by atoms with E-state index in [0.29, 0.717) is 39.1 Å². The second-order valence-electron chi connectivity index (χ2n) is 6.73. The van der Waals surface area contributed by atoms with Crippen LogP contribution in [-0.2, 0) is 9.53 Å². The van der Waals surface area contributed by atoms with Crippen molar-refractivity contribution < 1.29 is 18.7 Å². The SMILES string of the molecule is COC(=O)c1cc(-c2ccc(/C=C3\C(=O)N(c4cccc(Cl)c4)N=C3C)o2)ccc1Cl. The molecule has 156 valence electrons. The molecule has 0 fully saturated rings. The molecule has 8 heteroatoms. The average Bonchev–Trinajstić information content (AvgIpc) is 3.34. The van der Waals surface area contributed by atoms with Crippen molar-refractivity contribution in [1.29, 1.82) is 0 Å². The molecule has 0 N–H and O–H groups in total. The molecule has 0 saturated carbocycles. The molecule has 0 spiro atoms. The van der Waals surface area contributed by atoms with Gasteiger partial charge in [0.25, 0.3) is 5.91 Å². The fourth-order valence-electron chi connectivity index (χ4n) is 3.14. The number of amides is 1. The third-order valence-corrected chi connectivity index (χ3v) is 5.25. The molecule has 0 aliphatic carbocycles. The lowest BCUT2D eigenvalue weighted by molar-refractivity contribution is -0.114. The molecule has 0 unspecified atom stereocenters. The molecule has 0 bridgehead atoms. The molecule has 1 aromatic heterocycles. The summed E-state index contributed by atoms with van der Waals surface area (Å²) in [5.74, 6) is 0.165. The Bertz CT molecular complexity index is 1260. The summed E-state index contributed by atoms with van der Waals surface area (Å²) in [6, 6.07) is 15.3. The topological polar surface area (TPSA) is 72.1 Å². The summed E-state index contributed by atoms with van der Waals surface area (Å²) in [4.78, 5) is 24.8. The summed E-state index contributed by atoms with van der Waals surface area (Å²) in [6.07, 6.45) is 1.63. The molecule has 1 aliphatic heterocycles. The van der Waals surface area contributed by atoms with Crippen molar-refractivity contribution in [3.05, 3.63) is 81.5 Å². The van der Waals surface area contributed by atoms with E-state index in [2.05, 4.69) is 5.10 Å². The summed E-state index contributed by atoms with van der Waals surface area (Å²) < 4.78 is 10.6. The van der Waals surface area contributed by atoms with Gasteiger partial charge in [-0.05, 0) is 61.5 Å². The molecule has 3 aromatic rings. The van der Waals surface area contributed by atoms with Gasteiger partial charge in [0.1, 0.15) is 11.5 Å². The molecule has 0 radical (unpaired) electrons. The van der Waals surface area contributed by atoms with Gasteiger partial charge in [-0.3, -0.25) is 4.79 Å². The standard InChI is InChI=1S/C23H16Cl2N2O4/c1-13-18(22(28)27(26-13)16-5-3-4-15(24)11-16)12-17-7-9-21(31-17)14-6-8-20(25)19(10-14)23(29)30-2/h3-12H,1-2H3/b18-12-. The number of methoxy groups -OCH3 is 1. The molecule has 0 atom stereocenters. The minimum absolute atomic E-state index is 0.240. The lowest BCUT2D eigenvalue weighted by Gasteiger charge is -2.11. The highest BCUT2D eigenvalue weighted by molar-refractivity contribution is 6.34. The number of anilines is 1. The lowest BCUT2D eigenvalue weighted by Crippen LogP contribution is -2.21. The molecule has 4 rings (SSSR count). The Labute approximate surface area is 188 Å². The number of furan rings is 1. The molecular formula is C23H16Cl2N2O4. The first-order valence-corrected chi connectivity index (χ1v) is 9.98. The number of nitrogens with zero attached hydrogens (tertiary/aromatic N) is 2. The maximum atomic E-state index is 12.9. The lowest BCUT2D eigenvalue weighted by atomic mass is 10.1. The monoisotopic (exact) mass is 454 g/mol. The van der Waals surface area contributed by atoms with E-state index in [-0.39, 0.29) is 16.5 Å². The average molecular weight is 455 g/mol. The van der Waals surface area contributed by atoms with Crippen LogP contribution >= 0.6 is 23.2 Å². The van der Waals surface area contributed by atoms with Crippen molar-refractivity contribution in [1.82, 2.24) is 0 Å². The van der Waals surface area contributed by atoms with Crippen LogP contribution in [0.4, 0.5) is 5.69 Å². The Morgan fingerprint density at radius 2 is 1.94 bits per heavy atom. The highest BCUT2D eigenvalue weighted by Crippen LogP contribution is 2.30. The zero-order chi connectivity index (χ0) is 22.1. The van der Waals surface area contributed by atoms with Gasteiger partial charge >= 0.3 is 5.97 Å². The normalized spacial score (nSPS) is 14.8. The predicted octanol–water partition coefficient (Wildman–Crippen LogP) is 5.85. The number of hydrogen-bond acceptors (Lipinski definition) is 5. The molecule has 2 aromatic carbocycles. The fourth-order valence-corrected chi connectivity index (χ4v) is 3.52. The number of esters is 1. The Morgan fingerprint density at radius 1 is 1.13 bits per heavy atom. The highest BCUT2D eigenvalue weighted by atomic mass is 35.5. The minimum Gasteiger partial charge on any atom is -0.465 e. The number of benzene rings is 2. The molecular weight excluding hydrogens is 439 g/mol. The van der Waals surface area contributed by atoms with Gasteiger partial charge in [0, 0.05) is 10.6 Å². The Hall–Kier alpha value is -3.35. The van der Waals surface area contributed by atoms with Gasteiger partial charge in [-0.1, -0.05) is 29.3 Å². The van der Waals surface area contributed by atoms with Crippen molar-refractivity contribution >= 4 is 52.6 Å². The summed E-state index contributed by atoms with van der Waals surface area (Å²) in [6.45, 7) is 1.75. The molecule has 0 saturated heterocycles. The van der Waals surface area contributed by atoms with Crippen molar-refractivity contribution in [3.63, 3.8) is 0 Å². The van der Waals surface area contributed by atoms with Crippen LogP contribution in [0.3, 0.4) is 0 Å². The summed E-state index contributed by atoms with van der Waals surface area (Å²) in [7, 11) is 1.29. The van der Waals surface area contributed by atoms with E-state index in [1.807, 2.05) is 0 Å².